The van der Waals surface area contributed by atoms with Crippen LogP contribution in [0, 0.1) is 5.92 Å². The standard InChI is InChI=1S/C18H19ClN4O2/c1-2-17(24)22-9-7-13(8-10-22)18(25)21-14-11-20-23(12-14)16-6-4-3-5-15(16)19/h2-6,11-13H,1,7-10H2,(H,21,25). The predicted molar refractivity (Wildman–Crippen MR) is 96.7 cm³/mol. The minimum Gasteiger partial charge on any atom is -0.339 e. The van der Waals surface area contributed by atoms with Crippen molar-refractivity contribution in [2.24, 2.45) is 5.92 Å². The van der Waals surface area contributed by atoms with E-state index in [-0.39, 0.29) is 17.7 Å². The van der Waals surface area contributed by atoms with E-state index >= 15 is 0 Å². The molecule has 0 saturated carbocycles. The average Bonchev–Trinajstić information content (AvgIpc) is 3.09. The number of piperidine rings is 1. The molecule has 25 heavy (non-hydrogen) atoms. The Kier molecular flexibility index (Phi) is 5.19. The molecular weight excluding hydrogens is 340 g/mol. The number of benzene rings is 1. The maximum absolute atomic E-state index is 12.4. The second-order valence-corrected chi connectivity index (χ2v) is 6.33. The Balaban J connectivity index is 1.60. The highest BCUT2D eigenvalue weighted by Gasteiger charge is 2.26. The van der Waals surface area contributed by atoms with Gasteiger partial charge in [-0.3, -0.25) is 9.59 Å². The average molecular weight is 359 g/mol. The number of para-hydroxylation sites is 1. The second-order valence-electron chi connectivity index (χ2n) is 5.92. The Morgan fingerprint density at radius 3 is 2.68 bits per heavy atom. The Morgan fingerprint density at radius 2 is 2.00 bits per heavy atom. The molecule has 0 unspecified atom stereocenters. The molecule has 130 valence electrons. The normalized spacial score (nSPS) is 15.0. The minimum absolute atomic E-state index is 0.0515. The van der Waals surface area contributed by atoms with Crippen LogP contribution in [0.5, 0.6) is 0 Å². The van der Waals surface area contributed by atoms with E-state index in [0.29, 0.717) is 36.6 Å². The van der Waals surface area contributed by atoms with E-state index in [1.54, 1.807) is 28.0 Å². The Bertz CT molecular complexity index is 794. The quantitative estimate of drug-likeness (QED) is 0.854. The highest BCUT2D eigenvalue weighted by molar-refractivity contribution is 6.32. The van der Waals surface area contributed by atoms with Crippen molar-refractivity contribution in [3.63, 3.8) is 0 Å². The lowest BCUT2D eigenvalue weighted by atomic mass is 9.96. The first-order valence-electron chi connectivity index (χ1n) is 8.10. The van der Waals surface area contributed by atoms with Crippen LogP contribution in [-0.2, 0) is 9.59 Å². The van der Waals surface area contributed by atoms with Crippen molar-refractivity contribution >= 4 is 29.1 Å². The first-order valence-corrected chi connectivity index (χ1v) is 8.48. The summed E-state index contributed by atoms with van der Waals surface area (Å²) in [7, 11) is 0. The van der Waals surface area contributed by atoms with Crippen LogP contribution in [0.4, 0.5) is 5.69 Å². The van der Waals surface area contributed by atoms with E-state index in [9.17, 15) is 9.59 Å². The van der Waals surface area contributed by atoms with Crippen molar-refractivity contribution in [1.29, 1.82) is 0 Å². The maximum Gasteiger partial charge on any atom is 0.245 e. The molecule has 0 aliphatic carbocycles. The van der Waals surface area contributed by atoms with Gasteiger partial charge in [-0.25, -0.2) is 4.68 Å². The molecule has 0 bridgehead atoms. The van der Waals surface area contributed by atoms with Crippen LogP contribution in [0.15, 0.2) is 49.3 Å². The van der Waals surface area contributed by atoms with Crippen molar-refractivity contribution in [2.75, 3.05) is 18.4 Å². The van der Waals surface area contributed by atoms with Crippen molar-refractivity contribution < 1.29 is 9.59 Å². The molecule has 6 nitrogen and oxygen atoms in total. The van der Waals surface area contributed by atoms with Crippen LogP contribution >= 0.6 is 11.6 Å². The van der Waals surface area contributed by atoms with Crippen molar-refractivity contribution in [3.8, 4) is 5.69 Å². The largest absolute Gasteiger partial charge is 0.339 e. The number of hydrogen-bond acceptors (Lipinski definition) is 3. The lowest BCUT2D eigenvalue weighted by molar-refractivity contribution is -0.130. The van der Waals surface area contributed by atoms with Crippen LogP contribution < -0.4 is 5.32 Å². The van der Waals surface area contributed by atoms with Crippen molar-refractivity contribution in [2.45, 2.75) is 12.8 Å². The van der Waals surface area contributed by atoms with E-state index in [2.05, 4.69) is 17.0 Å². The molecule has 1 saturated heterocycles. The molecule has 0 radical (unpaired) electrons. The molecule has 0 spiro atoms. The monoisotopic (exact) mass is 358 g/mol. The summed E-state index contributed by atoms with van der Waals surface area (Å²) in [4.78, 5) is 25.7. The SMILES string of the molecule is C=CC(=O)N1CCC(C(=O)Nc2cnn(-c3ccccc3Cl)c2)CC1. The number of carbonyl (C=O) groups is 2. The summed E-state index contributed by atoms with van der Waals surface area (Å²) in [6.45, 7) is 4.63. The van der Waals surface area contributed by atoms with Gasteiger partial charge in [-0.15, -0.1) is 0 Å². The van der Waals surface area contributed by atoms with E-state index in [1.807, 2.05) is 18.2 Å². The molecule has 0 atom stereocenters. The van der Waals surface area contributed by atoms with Gasteiger partial charge in [0.15, 0.2) is 0 Å². The number of amides is 2. The van der Waals surface area contributed by atoms with Crippen LogP contribution in [-0.4, -0.2) is 39.6 Å². The molecule has 2 aromatic rings. The van der Waals surface area contributed by atoms with Gasteiger partial charge < -0.3 is 10.2 Å². The summed E-state index contributed by atoms with van der Waals surface area (Å²) in [6.07, 6.45) is 5.92. The molecule has 1 N–H and O–H groups in total. The van der Waals surface area contributed by atoms with Crippen molar-refractivity contribution in [1.82, 2.24) is 14.7 Å². The Morgan fingerprint density at radius 1 is 1.28 bits per heavy atom. The van der Waals surface area contributed by atoms with E-state index in [4.69, 9.17) is 11.6 Å². The summed E-state index contributed by atoms with van der Waals surface area (Å²) in [5, 5.41) is 7.72. The summed E-state index contributed by atoms with van der Waals surface area (Å²) >= 11 is 6.16. The molecule has 1 aromatic carbocycles. The molecule has 2 heterocycles. The number of aromatic nitrogens is 2. The molecule has 1 fully saturated rings. The minimum atomic E-state index is -0.113. The topological polar surface area (TPSA) is 67.2 Å². The van der Waals surface area contributed by atoms with Crippen LogP contribution in [0.3, 0.4) is 0 Å². The first-order chi connectivity index (χ1) is 12.1. The Labute approximate surface area is 151 Å². The number of nitrogens with zero attached hydrogens (tertiary/aromatic N) is 3. The summed E-state index contributed by atoms with van der Waals surface area (Å²) in [5.41, 5.74) is 1.37. The highest BCUT2D eigenvalue weighted by atomic mass is 35.5. The number of rotatable bonds is 4. The molecular formula is C18H19ClN4O2. The van der Waals surface area contributed by atoms with Gasteiger partial charge >= 0.3 is 0 Å². The maximum atomic E-state index is 12.4. The number of carbonyl (C=O) groups excluding carboxylic acids is 2. The van der Waals surface area contributed by atoms with Crippen LogP contribution in [0.1, 0.15) is 12.8 Å². The van der Waals surface area contributed by atoms with Gasteiger partial charge in [0.05, 0.1) is 28.8 Å². The third-order valence-corrected chi connectivity index (χ3v) is 4.62. The zero-order valence-corrected chi connectivity index (χ0v) is 14.4. The summed E-state index contributed by atoms with van der Waals surface area (Å²) in [5.74, 6) is -0.248. The molecule has 7 heteroatoms. The van der Waals surface area contributed by atoms with E-state index in [1.165, 1.54) is 6.08 Å². The van der Waals surface area contributed by atoms with Gasteiger partial charge in [-0.2, -0.15) is 5.10 Å². The smallest absolute Gasteiger partial charge is 0.245 e. The molecule has 2 amide bonds. The fourth-order valence-corrected chi connectivity index (χ4v) is 3.11. The van der Waals surface area contributed by atoms with Gasteiger partial charge in [-0.05, 0) is 31.1 Å². The molecule has 1 aromatic heterocycles. The lowest BCUT2D eigenvalue weighted by Gasteiger charge is -2.30. The first kappa shape index (κ1) is 17.2. The van der Waals surface area contributed by atoms with Gasteiger partial charge in [0.2, 0.25) is 11.8 Å². The number of halogens is 1. The van der Waals surface area contributed by atoms with E-state index in [0.717, 1.165) is 5.69 Å². The van der Waals surface area contributed by atoms with Crippen LogP contribution in [0.25, 0.3) is 5.69 Å². The predicted octanol–water partition coefficient (Wildman–Crippen LogP) is 2.89. The number of likely N-dealkylation sites (tertiary alicyclic amines) is 1. The third kappa shape index (κ3) is 3.91. The highest BCUT2D eigenvalue weighted by Crippen LogP contribution is 2.22. The molecule has 1 aliphatic rings. The Hall–Kier alpha value is -2.60. The number of hydrogen-bond donors (Lipinski definition) is 1. The van der Waals surface area contributed by atoms with Crippen LogP contribution in [0.2, 0.25) is 5.02 Å². The lowest BCUT2D eigenvalue weighted by Crippen LogP contribution is -2.40. The van der Waals surface area contributed by atoms with Gasteiger partial charge in [0.25, 0.3) is 0 Å². The molecule has 1 aliphatic heterocycles. The molecule has 3 rings (SSSR count). The summed E-state index contributed by atoms with van der Waals surface area (Å²) in [6, 6.07) is 7.36. The van der Waals surface area contributed by atoms with Gasteiger partial charge in [0.1, 0.15) is 0 Å². The fraction of sp³-hybridized carbons (Fsp3) is 0.278. The number of nitrogens with one attached hydrogen (secondary N) is 1. The second kappa shape index (κ2) is 7.53. The van der Waals surface area contributed by atoms with Gasteiger partial charge in [0, 0.05) is 19.0 Å². The zero-order chi connectivity index (χ0) is 17.8. The zero-order valence-electron chi connectivity index (χ0n) is 13.7. The summed E-state index contributed by atoms with van der Waals surface area (Å²) < 4.78 is 1.63. The van der Waals surface area contributed by atoms with Crippen molar-refractivity contribution in [3.05, 3.63) is 54.3 Å². The van der Waals surface area contributed by atoms with E-state index < -0.39 is 0 Å². The van der Waals surface area contributed by atoms with Gasteiger partial charge in [-0.1, -0.05) is 30.3 Å². The fourth-order valence-electron chi connectivity index (χ4n) is 2.89. The third-order valence-electron chi connectivity index (χ3n) is 4.30. The number of anilines is 1.